The highest BCUT2D eigenvalue weighted by molar-refractivity contribution is 5.96. The van der Waals surface area contributed by atoms with E-state index in [-0.39, 0.29) is 35.5 Å². The Morgan fingerprint density at radius 1 is 0.966 bits per heavy atom. The maximum atomic E-state index is 13.6. The molecule has 0 spiro atoms. The van der Waals surface area contributed by atoms with Crippen LogP contribution in [0.1, 0.15) is 99.3 Å². The summed E-state index contributed by atoms with van der Waals surface area (Å²) in [5, 5.41) is 0. The van der Waals surface area contributed by atoms with Crippen LogP contribution in [0.5, 0.6) is 0 Å². The van der Waals surface area contributed by atoms with Gasteiger partial charge in [0.1, 0.15) is 0 Å². The molecule has 4 heteroatoms. The van der Waals surface area contributed by atoms with Crippen molar-refractivity contribution in [3.05, 3.63) is 0 Å². The molecule has 0 aromatic carbocycles. The van der Waals surface area contributed by atoms with E-state index in [1.807, 2.05) is 4.90 Å². The van der Waals surface area contributed by atoms with Crippen molar-refractivity contribution < 1.29 is 9.59 Å². The van der Waals surface area contributed by atoms with Crippen LogP contribution in [0.4, 0.5) is 4.79 Å². The minimum absolute atomic E-state index is 0.0455. The number of fused-ring (bicyclic) bond motifs is 5. The van der Waals surface area contributed by atoms with E-state index >= 15 is 0 Å². The summed E-state index contributed by atoms with van der Waals surface area (Å²) in [6.45, 7) is 13.2. The van der Waals surface area contributed by atoms with E-state index in [1.165, 1.54) is 38.5 Å². The van der Waals surface area contributed by atoms with Gasteiger partial charge < -0.3 is 4.90 Å². The average molecular weight is 403 g/mol. The number of nitrogens with zero attached hydrogens (tertiary/aromatic N) is 2. The molecular weight excluding hydrogens is 360 g/mol. The van der Waals surface area contributed by atoms with Crippen molar-refractivity contribution in [2.24, 2.45) is 28.6 Å². The van der Waals surface area contributed by atoms with Gasteiger partial charge in [-0.1, -0.05) is 20.3 Å². The summed E-state index contributed by atoms with van der Waals surface area (Å²) in [7, 11) is 0. The zero-order valence-corrected chi connectivity index (χ0v) is 19.5. The predicted octanol–water partition coefficient (Wildman–Crippen LogP) is 5.85. The van der Waals surface area contributed by atoms with Crippen LogP contribution in [0.15, 0.2) is 0 Å². The van der Waals surface area contributed by atoms with Gasteiger partial charge in [0.15, 0.2) is 0 Å². The monoisotopic (exact) mass is 402 g/mol. The molecule has 4 rings (SSSR count). The van der Waals surface area contributed by atoms with Gasteiger partial charge in [-0.25, -0.2) is 4.79 Å². The van der Waals surface area contributed by atoms with Gasteiger partial charge in [0.05, 0.1) is 0 Å². The molecule has 1 heterocycles. The smallest absolute Gasteiger partial charge is 0.319 e. The first-order valence-corrected chi connectivity index (χ1v) is 12.2. The van der Waals surface area contributed by atoms with E-state index < -0.39 is 0 Å². The largest absolute Gasteiger partial charge is 0.327 e. The Morgan fingerprint density at radius 2 is 1.66 bits per heavy atom. The lowest BCUT2D eigenvalue weighted by atomic mass is 9.47. The second kappa shape index (κ2) is 7.27. The number of hydrogen-bond donors (Lipinski definition) is 0. The van der Waals surface area contributed by atoms with Crippen LogP contribution in [0.25, 0.3) is 0 Å². The summed E-state index contributed by atoms with van der Waals surface area (Å²) >= 11 is 0. The van der Waals surface area contributed by atoms with Gasteiger partial charge in [0.2, 0.25) is 5.91 Å². The topological polar surface area (TPSA) is 40.6 Å². The second-order valence-electron chi connectivity index (χ2n) is 11.7. The van der Waals surface area contributed by atoms with Crippen molar-refractivity contribution in [2.45, 2.75) is 117 Å². The fourth-order valence-electron chi connectivity index (χ4n) is 8.28. The van der Waals surface area contributed by atoms with E-state index in [0.29, 0.717) is 17.8 Å². The Kier molecular flexibility index (Phi) is 5.31. The molecule has 29 heavy (non-hydrogen) atoms. The highest BCUT2D eigenvalue weighted by atomic mass is 16.2. The zero-order chi connectivity index (χ0) is 21.1. The van der Waals surface area contributed by atoms with Crippen molar-refractivity contribution in [2.75, 3.05) is 0 Å². The number of imide groups is 1. The maximum absolute atomic E-state index is 13.6. The lowest BCUT2D eigenvalue weighted by Gasteiger charge is -2.61. The van der Waals surface area contributed by atoms with Crippen molar-refractivity contribution >= 4 is 11.9 Å². The summed E-state index contributed by atoms with van der Waals surface area (Å²) in [6, 6.07) is 0.251. The van der Waals surface area contributed by atoms with Crippen molar-refractivity contribution in [3.8, 4) is 0 Å². The predicted molar refractivity (Wildman–Crippen MR) is 116 cm³/mol. The molecule has 1 saturated heterocycles. The average Bonchev–Trinajstić information content (AvgIpc) is 3.03. The summed E-state index contributed by atoms with van der Waals surface area (Å²) in [5.74, 6) is 2.40. The third kappa shape index (κ3) is 3.15. The van der Waals surface area contributed by atoms with Gasteiger partial charge in [0, 0.05) is 24.5 Å². The van der Waals surface area contributed by atoms with Crippen LogP contribution >= 0.6 is 0 Å². The van der Waals surface area contributed by atoms with Crippen LogP contribution in [0, 0.1) is 28.6 Å². The number of carbonyl (C=O) groups is 2. The number of carbonyl (C=O) groups excluding carboxylic acids is 2. The van der Waals surface area contributed by atoms with Crippen LogP contribution in [0.2, 0.25) is 0 Å². The number of hydrogen-bond acceptors (Lipinski definition) is 2. The van der Waals surface area contributed by atoms with Gasteiger partial charge in [0.25, 0.3) is 0 Å². The molecule has 4 aliphatic rings. The molecule has 0 aromatic rings. The summed E-state index contributed by atoms with van der Waals surface area (Å²) in [5.41, 5.74) is 0.645. The Labute approximate surface area is 177 Å². The number of amides is 3. The molecule has 3 saturated carbocycles. The van der Waals surface area contributed by atoms with Crippen molar-refractivity contribution in [3.63, 3.8) is 0 Å². The third-order valence-electron chi connectivity index (χ3n) is 9.60. The summed E-state index contributed by atoms with van der Waals surface area (Å²) in [4.78, 5) is 30.3. The molecule has 0 N–H and O–H groups in total. The first-order valence-electron chi connectivity index (χ1n) is 12.2. The lowest BCUT2D eigenvalue weighted by molar-refractivity contribution is -0.154. The van der Waals surface area contributed by atoms with Gasteiger partial charge >= 0.3 is 6.03 Å². The Balaban J connectivity index is 1.64. The Hall–Kier alpha value is -1.06. The molecule has 4 nitrogen and oxygen atoms in total. The number of rotatable bonds is 2. The molecule has 3 aliphatic carbocycles. The van der Waals surface area contributed by atoms with Crippen molar-refractivity contribution in [1.29, 1.82) is 0 Å². The van der Waals surface area contributed by atoms with Gasteiger partial charge in [-0.2, -0.15) is 0 Å². The standard InChI is InChI=1S/C25H42N2O2/c1-16(2)26(17(3)4)23(29)27-21-10-9-18-19-8-7-13-24(19,5)14-11-20(18)25(21,6)15-12-22(27)28/h16-21H,7-15H2,1-6H3/t18-,19-,20-,21+,24-,25+/m0/s1. The molecule has 0 aromatic heterocycles. The van der Waals surface area contributed by atoms with Crippen LogP contribution < -0.4 is 0 Å². The van der Waals surface area contributed by atoms with E-state index in [9.17, 15) is 9.59 Å². The quantitative estimate of drug-likeness (QED) is 0.581. The van der Waals surface area contributed by atoms with Crippen molar-refractivity contribution in [1.82, 2.24) is 9.80 Å². The molecule has 1 aliphatic heterocycles. The highest BCUT2D eigenvalue weighted by Gasteiger charge is 2.60. The Bertz CT molecular complexity index is 666. The fraction of sp³-hybridized carbons (Fsp3) is 0.920. The van der Waals surface area contributed by atoms with E-state index in [4.69, 9.17) is 0 Å². The minimum Gasteiger partial charge on any atom is -0.319 e. The van der Waals surface area contributed by atoms with Crippen LogP contribution in [0.3, 0.4) is 0 Å². The lowest BCUT2D eigenvalue weighted by Crippen LogP contribution is -2.65. The maximum Gasteiger partial charge on any atom is 0.327 e. The molecule has 6 atom stereocenters. The van der Waals surface area contributed by atoms with Gasteiger partial charge in [-0.3, -0.25) is 9.69 Å². The molecule has 3 amide bonds. The SMILES string of the molecule is CC(C)N(C(=O)N1C(=O)CC[C@]2(C)[C@H]3CC[C@]4(C)CCC[C@H]4[C@@H]3CC[C@@H]12)C(C)C. The third-order valence-corrected chi connectivity index (χ3v) is 9.60. The van der Waals surface area contributed by atoms with Crippen LogP contribution in [-0.2, 0) is 4.79 Å². The summed E-state index contributed by atoms with van der Waals surface area (Å²) in [6.07, 6.45) is 10.5. The summed E-state index contributed by atoms with van der Waals surface area (Å²) < 4.78 is 0. The van der Waals surface area contributed by atoms with E-state index in [2.05, 4.69) is 41.5 Å². The number of likely N-dealkylation sites (tertiary alicyclic amines) is 1. The van der Waals surface area contributed by atoms with E-state index in [1.54, 1.807) is 4.90 Å². The molecule has 4 fully saturated rings. The first kappa shape index (κ1) is 21.2. The molecular formula is C25H42N2O2. The Morgan fingerprint density at radius 3 is 2.31 bits per heavy atom. The fourth-order valence-corrected chi connectivity index (χ4v) is 8.28. The molecule has 0 bridgehead atoms. The number of urea groups is 1. The second-order valence-corrected chi connectivity index (χ2v) is 11.7. The highest BCUT2D eigenvalue weighted by Crippen LogP contribution is 2.64. The first-order chi connectivity index (χ1) is 13.6. The van der Waals surface area contributed by atoms with Gasteiger partial charge in [-0.05, 0) is 101 Å². The minimum atomic E-state index is -0.0455. The van der Waals surface area contributed by atoms with Crippen LogP contribution in [-0.4, -0.2) is 39.9 Å². The number of piperidine rings is 1. The normalized spacial score (nSPS) is 41.9. The molecule has 0 radical (unpaired) electrons. The molecule has 164 valence electrons. The van der Waals surface area contributed by atoms with E-state index in [0.717, 1.165) is 24.7 Å². The zero-order valence-electron chi connectivity index (χ0n) is 19.5. The van der Waals surface area contributed by atoms with Gasteiger partial charge in [-0.15, -0.1) is 0 Å². The molecule has 0 unspecified atom stereocenters.